The van der Waals surface area contributed by atoms with Gasteiger partial charge in [-0.2, -0.15) is 0 Å². The summed E-state index contributed by atoms with van der Waals surface area (Å²) in [6.07, 6.45) is 1.57. The minimum atomic E-state index is -0.665. The summed E-state index contributed by atoms with van der Waals surface area (Å²) in [7, 11) is 0. The molecular formula is C17H29NO4. The van der Waals surface area contributed by atoms with E-state index >= 15 is 0 Å². The summed E-state index contributed by atoms with van der Waals surface area (Å²) in [5, 5.41) is 0. The predicted molar refractivity (Wildman–Crippen MR) is 84.6 cm³/mol. The smallest absolute Gasteiger partial charge is 0.410 e. The van der Waals surface area contributed by atoms with Crippen molar-refractivity contribution in [3.63, 3.8) is 0 Å². The Labute approximate surface area is 133 Å². The van der Waals surface area contributed by atoms with Gasteiger partial charge in [0.25, 0.3) is 0 Å². The molecule has 0 aromatic heterocycles. The lowest BCUT2D eigenvalue weighted by Crippen LogP contribution is -2.51. The molecule has 0 saturated carbocycles. The van der Waals surface area contributed by atoms with Crippen molar-refractivity contribution in [2.24, 2.45) is 11.3 Å². The third-order valence-corrected chi connectivity index (χ3v) is 4.16. The Kier molecular flexibility index (Phi) is 5.76. The number of hydrogen-bond acceptors (Lipinski definition) is 4. The van der Waals surface area contributed by atoms with E-state index in [4.69, 9.17) is 4.74 Å². The molecule has 0 aliphatic carbocycles. The third-order valence-electron chi connectivity index (χ3n) is 4.16. The van der Waals surface area contributed by atoms with E-state index in [1.54, 1.807) is 4.90 Å². The molecule has 1 unspecified atom stereocenters. The zero-order chi connectivity index (χ0) is 17.1. The monoisotopic (exact) mass is 311 g/mol. The number of ketones is 2. The molecule has 1 saturated heterocycles. The lowest BCUT2D eigenvalue weighted by Gasteiger charge is -2.40. The molecule has 1 rings (SSSR count). The van der Waals surface area contributed by atoms with Crippen LogP contribution >= 0.6 is 0 Å². The Morgan fingerprint density at radius 2 is 1.86 bits per heavy atom. The maximum atomic E-state index is 12.7. The number of ether oxygens (including phenoxy) is 1. The highest BCUT2D eigenvalue weighted by Crippen LogP contribution is 2.34. The molecule has 5 heteroatoms. The highest BCUT2D eigenvalue weighted by molar-refractivity contribution is 6.04. The second-order valence-electron chi connectivity index (χ2n) is 7.50. The van der Waals surface area contributed by atoms with Gasteiger partial charge in [0.2, 0.25) is 0 Å². The Hall–Kier alpha value is -1.39. The van der Waals surface area contributed by atoms with Crippen molar-refractivity contribution in [2.45, 2.75) is 66.4 Å². The molecule has 0 aromatic rings. The van der Waals surface area contributed by atoms with E-state index in [1.165, 1.54) is 6.92 Å². The van der Waals surface area contributed by atoms with Crippen LogP contribution in [0.5, 0.6) is 0 Å². The molecule has 2 atom stereocenters. The van der Waals surface area contributed by atoms with Crippen molar-refractivity contribution in [1.82, 2.24) is 4.90 Å². The third kappa shape index (κ3) is 4.55. The van der Waals surface area contributed by atoms with E-state index in [1.807, 2.05) is 34.6 Å². The normalized spacial score (nSPS) is 23.8. The van der Waals surface area contributed by atoms with Gasteiger partial charge in [-0.15, -0.1) is 0 Å². The van der Waals surface area contributed by atoms with Crippen LogP contribution in [0.1, 0.15) is 60.8 Å². The van der Waals surface area contributed by atoms with E-state index in [0.29, 0.717) is 25.9 Å². The predicted octanol–water partition coefficient (Wildman–Crippen LogP) is 3.21. The van der Waals surface area contributed by atoms with Gasteiger partial charge in [-0.05, 0) is 47.0 Å². The Morgan fingerprint density at radius 1 is 1.27 bits per heavy atom. The number of hydrogen-bond donors (Lipinski definition) is 0. The van der Waals surface area contributed by atoms with E-state index in [-0.39, 0.29) is 17.7 Å². The Morgan fingerprint density at radius 3 is 2.32 bits per heavy atom. The van der Waals surface area contributed by atoms with Gasteiger partial charge in [-0.3, -0.25) is 9.59 Å². The van der Waals surface area contributed by atoms with Crippen LogP contribution in [-0.4, -0.2) is 41.3 Å². The minimum Gasteiger partial charge on any atom is -0.444 e. The fraction of sp³-hybridized carbons (Fsp3) is 0.824. The summed E-state index contributed by atoms with van der Waals surface area (Å²) in [6, 6.07) is 0. The first-order chi connectivity index (χ1) is 10.00. The van der Waals surface area contributed by atoms with Crippen LogP contribution in [0.2, 0.25) is 0 Å². The van der Waals surface area contributed by atoms with E-state index in [2.05, 4.69) is 0 Å². The fourth-order valence-electron chi connectivity index (χ4n) is 3.00. The maximum Gasteiger partial charge on any atom is 0.410 e. The van der Waals surface area contributed by atoms with Crippen molar-refractivity contribution in [1.29, 1.82) is 0 Å². The quantitative estimate of drug-likeness (QED) is 0.748. The van der Waals surface area contributed by atoms with Crippen molar-refractivity contribution in [2.75, 3.05) is 13.1 Å². The van der Waals surface area contributed by atoms with Crippen LogP contribution in [0.15, 0.2) is 0 Å². The summed E-state index contributed by atoms with van der Waals surface area (Å²) in [4.78, 5) is 38.2. The van der Waals surface area contributed by atoms with Gasteiger partial charge in [0.15, 0.2) is 5.78 Å². The second-order valence-corrected chi connectivity index (χ2v) is 7.50. The molecule has 1 aliphatic heterocycles. The molecule has 1 heterocycles. The van der Waals surface area contributed by atoms with Gasteiger partial charge < -0.3 is 9.64 Å². The highest BCUT2D eigenvalue weighted by Gasteiger charge is 2.43. The lowest BCUT2D eigenvalue weighted by atomic mass is 9.72. The molecule has 0 radical (unpaired) electrons. The summed E-state index contributed by atoms with van der Waals surface area (Å²) in [6.45, 7) is 11.6. The zero-order valence-corrected chi connectivity index (χ0v) is 14.7. The average molecular weight is 311 g/mol. The maximum absolute atomic E-state index is 12.7. The van der Waals surface area contributed by atoms with Crippen LogP contribution in [0.25, 0.3) is 0 Å². The number of Topliss-reactive ketones (excluding diaryl/α,β-unsaturated/α-hetero) is 2. The molecule has 1 amide bonds. The Balaban J connectivity index is 2.86. The van der Waals surface area contributed by atoms with E-state index in [9.17, 15) is 14.4 Å². The van der Waals surface area contributed by atoms with Crippen molar-refractivity contribution >= 4 is 17.7 Å². The van der Waals surface area contributed by atoms with Gasteiger partial charge in [0.05, 0.1) is 5.92 Å². The van der Waals surface area contributed by atoms with Crippen molar-refractivity contribution in [3.8, 4) is 0 Å². The summed E-state index contributed by atoms with van der Waals surface area (Å²) >= 11 is 0. The molecule has 0 aromatic carbocycles. The van der Waals surface area contributed by atoms with E-state index in [0.717, 1.165) is 6.42 Å². The lowest BCUT2D eigenvalue weighted by molar-refractivity contribution is -0.140. The van der Waals surface area contributed by atoms with Gasteiger partial charge in [0.1, 0.15) is 11.4 Å². The zero-order valence-electron chi connectivity index (χ0n) is 14.7. The number of amides is 1. The number of carbonyl (C=O) groups excluding carboxylic acids is 3. The van der Waals surface area contributed by atoms with Gasteiger partial charge in [-0.25, -0.2) is 4.79 Å². The molecule has 22 heavy (non-hydrogen) atoms. The fourth-order valence-corrected chi connectivity index (χ4v) is 3.00. The molecular weight excluding hydrogens is 282 g/mol. The molecule has 1 fully saturated rings. The molecule has 126 valence electrons. The second kappa shape index (κ2) is 6.80. The number of piperidine rings is 1. The minimum absolute atomic E-state index is 0.0456. The van der Waals surface area contributed by atoms with Crippen LogP contribution < -0.4 is 0 Å². The average Bonchev–Trinajstić information content (AvgIpc) is 2.37. The van der Waals surface area contributed by atoms with Crippen molar-refractivity contribution in [3.05, 3.63) is 0 Å². The van der Waals surface area contributed by atoms with Gasteiger partial charge in [-0.1, -0.05) is 13.8 Å². The SMILES string of the molecule is CCC(C(C)=O)C(=O)[C@]1(C)CCCN(C(=O)OC(C)(C)C)C1. The van der Waals surface area contributed by atoms with Gasteiger partial charge in [0, 0.05) is 18.5 Å². The summed E-state index contributed by atoms with van der Waals surface area (Å²) in [5.74, 6) is -0.706. The molecule has 0 N–H and O–H groups in total. The number of likely N-dealkylation sites (tertiary alicyclic amines) is 1. The standard InChI is InChI=1S/C17H29NO4/c1-7-13(12(2)19)14(20)17(6)9-8-10-18(11-17)15(21)22-16(3,4)5/h13H,7-11H2,1-6H3/t13?,17-/m1/s1. The highest BCUT2D eigenvalue weighted by atomic mass is 16.6. The van der Waals surface area contributed by atoms with Gasteiger partial charge >= 0.3 is 6.09 Å². The first kappa shape index (κ1) is 18.7. The summed E-state index contributed by atoms with van der Waals surface area (Å²) < 4.78 is 5.39. The number of nitrogens with zero attached hydrogens (tertiary/aromatic N) is 1. The summed E-state index contributed by atoms with van der Waals surface area (Å²) in [5.41, 5.74) is -1.22. The van der Waals surface area contributed by atoms with Crippen LogP contribution in [-0.2, 0) is 14.3 Å². The molecule has 1 aliphatic rings. The van der Waals surface area contributed by atoms with E-state index < -0.39 is 16.9 Å². The van der Waals surface area contributed by atoms with Crippen molar-refractivity contribution < 1.29 is 19.1 Å². The first-order valence-electron chi connectivity index (χ1n) is 8.03. The van der Waals surface area contributed by atoms with Crippen LogP contribution in [0, 0.1) is 11.3 Å². The molecule has 0 bridgehead atoms. The molecule has 5 nitrogen and oxygen atoms in total. The number of carbonyl (C=O) groups is 3. The number of rotatable bonds is 4. The van der Waals surface area contributed by atoms with Crippen LogP contribution in [0.3, 0.4) is 0 Å². The first-order valence-corrected chi connectivity index (χ1v) is 8.03. The molecule has 0 spiro atoms. The topological polar surface area (TPSA) is 63.7 Å². The Bertz CT molecular complexity index is 452. The largest absolute Gasteiger partial charge is 0.444 e. The van der Waals surface area contributed by atoms with Crippen LogP contribution in [0.4, 0.5) is 4.79 Å².